The van der Waals surface area contributed by atoms with Crippen LogP contribution in [0.3, 0.4) is 0 Å². The highest BCUT2D eigenvalue weighted by Crippen LogP contribution is 2.28. The molecule has 4 nitrogen and oxygen atoms in total. The third kappa shape index (κ3) is 2.68. The minimum absolute atomic E-state index is 0.0760. The van der Waals surface area contributed by atoms with Crippen molar-refractivity contribution >= 4 is 40.2 Å². The van der Waals surface area contributed by atoms with E-state index < -0.39 is 11.2 Å². The molecule has 0 radical (unpaired) electrons. The fraction of sp³-hybridized carbons (Fsp3) is 0.182. The number of benzene rings is 1. The topological polar surface area (TPSA) is 72.5 Å². The van der Waals surface area contributed by atoms with Gasteiger partial charge in [0.15, 0.2) is 5.04 Å². The Labute approximate surface area is 107 Å². The molecule has 1 aliphatic rings. The Morgan fingerprint density at radius 3 is 2.76 bits per heavy atom. The van der Waals surface area contributed by atoms with Gasteiger partial charge in [0, 0.05) is 5.02 Å². The molecule has 1 heterocycles. The first-order chi connectivity index (χ1) is 8.08. The molecule has 2 rings (SSSR count). The zero-order valence-electron chi connectivity index (χ0n) is 8.72. The van der Waals surface area contributed by atoms with E-state index in [1.807, 2.05) is 18.2 Å². The number of aliphatic imine (C=N–C) groups is 1. The molecule has 1 unspecified atom stereocenters. The van der Waals surface area contributed by atoms with Gasteiger partial charge in [-0.1, -0.05) is 41.6 Å². The fourth-order valence-electron chi connectivity index (χ4n) is 1.49. The maximum absolute atomic E-state index is 11.5. The lowest BCUT2D eigenvalue weighted by Crippen LogP contribution is -2.19. The second-order valence-corrected chi connectivity index (χ2v) is 5.12. The third-order valence-corrected chi connectivity index (χ3v) is 3.85. The molecule has 6 heteroatoms. The van der Waals surface area contributed by atoms with Crippen molar-refractivity contribution in [2.75, 3.05) is 0 Å². The second kappa shape index (κ2) is 4.89. The van der Waals surface area contributed by atoms with Crippen LogP contribution in [0, 0.1) is 0 Å². The number of halogens is 1. The SMILES string of the molecule is NC(=O)C1=NC(=O)C(Cc2ccccc2Cl)S1. The van der Waals surface area contributed by atoms with Crippen LogP contribution in [-0.2, 0) is 16.0 Å². The van der Waals surface area contributed by atoms with Crippen molar-refractivity contribution in [3.05, 3.63) is 34.9 Å². The van der Waals surface area contributed by atoms with E-state index in [9.17, 15) is 9.59 Å². The summed E-state index contributed by atoms with van der Waals surface area (Å²) in [6, 6.07) is 7.28. The number of thioether (sulfide) groups is 1. The van der Waals surface area contributed by atoms with E-state index in [0.717, 1.165) is 17.3 Å². The first-order valence-electron chi connectivity index (χ1n) is 4.90. The quantitative estimate of drug-likeness (QED) is 0.901. The molecule has 1 aromatic carbocycles. The molecule has 1 aromatic rings. The average Bonchev–Trinajstić information content (AvgIpc) is 2.64. The van der Waals surface area contributed by atoms with Crippen LogP contribution in [0.15, 0.2) is 29.3 Å². The van der Waals surface area contributed by atoms with E-state index in [2.05, 4.69) is 4.99 Å². The summed E-state index contributed by atoms with van der Waals surface area (Å²) in [5.74, 6) is -0.992. The Morgan fingerprint density at radius 2 is 2.18 bits per heavy atom. The van der Waals surface area contributed by atoms with Crippen LogP contribution in [0.4, 0.5) is 0 Å². The number of rotatable bonds is 3. The lowest BCUT2D eigenvalue weighted by atomic mass is 10.1. The van der Waals surface area contributed by atoms with E-state index in [-0.39, 0.29) is 11.0 Å². The standard InChI is InChI=1S/C11H9ClN2O2S/c12-7-4-2-1-3-6(7)5-8-10(16)14-11(17-8)9(13)15/h1-4,8H,5H2,(H2,13,15). The van der Waals surface area contributed by atoms with Crippen LogP contribution in [0.5, 0.6) is 0 Å². The molecule has 0 spiro atoms. The van der Waals surface area contributed by atoms with Crippen LogP contribution in [0.1, 0.15) is 5.56 Å². The number of amides is 2. The maximum Gasteiger partial charge on any atom is 0.274 e. The third-order valence-electron chi connectivity index (χ3n) is 2.31. The van der Waals surface area contributed by atoms with Crippen LogP contribution in [0.2, 0.25) is 5.02 Å². The molecule has 0 saturated carbocycles. The van der Waals surface area contributed by atoms with E-state index in [4.69, 9.17) is 17.3 Å². The van der Waals surface area contributed by atoms with Gasteiger partial charge in [-0.3, -0.25) is 9.59 Å². The molecule has 0 fully saturated rings. The summed E-state index contributed by atoms with van der Waals surface area (Å²) in [7, 11) is 0. The zero-order valence-corrected chi connectivity index (χ0v) is 10.3. The van der Waals surface area contributed by atoms with E-state index in [1.165, 1.54) is 0 Å². The van der Waals surface area contributed by atoms with Gasteiger partial charge in [-0.2, -0.15) is 4.99 Å². The molecule has 2 N–H and O–H groups in total. The number of nitrogens with zero attached hydrogens (tertiary/aromatic N) is 1. The monoisotopic (exact) mass is 268 g/mol. The Bertz CT molecular complexity index is 516. The van der Waals surface area contributed by atoms with Gasteiger partial charge in [-0.15, -0.1) is 0 Å². The first-order valence-corrected chi connectivity index (χ1v) is 6.16. The average molecular weight is 269 g/mol. The van der Waals surface area contributed by atoms with Crippen LogP contribution < -0.4 is 5.73 Å². The Hall–Kier alpha value is -1.33. The molecule has 1 aliphatic heterocycles. The normalized spacial score (nSPS) is 19.2. The summed E-state index contributed by atoms with van der Waals surface area (Å²) in [4.78, 5) is 26.1. The number of primary amides is 1. The molecule has 2 amide bonds. The molecular weight excluding hydrogens is 260 g/mol. The van der Waals surface area contributed by atoms with E-state index in [0.29, 0.717) is 11.4 Å². The number of hydrogen-bond donors (Lipinski definition) is 1. The highest BCUT2D eigenvalue weighted by Gasteiger charge is 2.31. The van der Waals surface area contributed by atoms with E-state index >= 15 is 0 Å². The minimum atomic E-state index is -0.662. The predicted molar refractivity (Wildman–Crippen MR) is 68.2 cm³/mol. The second-order valence-electron chi connectivity index (χ2n) is 3.52. The largest absolute Gasteiger partial charge is 0.364 e. The van der Waals surface area contributed by atoms with Gasteiger partial charge in [0.2, 0.25) is 0 Å². The van der Waals surface area contributed by atoms with Crippen molar-refractivity contribution < 1.29 is 9.59 Å². The van der Waals surface area contributed by atoms with Crippen LogP contribution in [0.25, 0.3) is 0 Å². The highest BCUT2D eigenvalue weighted by molar-refractivity contribution is 8.17. The molecule has 0 aromatic heterocycles. The van der Waals surface area contributed by atoms with E-state index in [1.54, 1.807) is 6.07 Å². The number of carbonyl (C=O) groups is 2. The molecule has 0 saturated heterocycles. The number of carbonyl (C=O) groups excluding carboxylic acids is 2. The Kier molecular flexibility index (Phi) is 3.49. The first kappa shape index (κ1) is 12.1. The van der Waals surface area contributed by atoms with Gasteiger partial charge in [-0.25, -0.2) is 0 Å². The summed E-state index contributed by atoms with van der Waals surface area (Å²) in [6.07, 6.45) is 0.448. The van der Waals surface area contributed by atoms with Crippen LogP contribution >= 0.6 is 23.4 Å². The van der Waals surface area contributed by atoms with Crippen molar-refractivity contribution in [1.29, 1.82) is 0 Å². The van der Waals surface area contributed by atoms with Gasteiger partial charge in [-0.05, 0) is 18.1 Å². The molecule has 0 aliphatic carbocycles. The highest BCUT2D eigenvalue weighted by atomic mass is 35.5. The molecule has 0 bridgehead atoms. The maximum atomic E-state index is 11.5. The van der Waals surface area contributed by atoms with Crippen molar-refractivity contribution in [2.24, 2.45) is 10.7 Å². The molecular formula is C11H9ClN2O2S. The van der Waals surface area contributed by atoms with Gasteiger partial charge < -0.3 is 5.73 Å². The summed E-state index contributed by atoms with van der Waals surface area (Å²) in [5, 5.41) is 0.276. The van der Waals surface area contributed by atoms with Gasteiger partial charge >= 0.3 is 0 Å². The molecule has 88 valence electrons. The van der Waals surface area contributed by atoms with Gasteiger partial charge in [0.05, 0.1) is 5.25 Å². The molecule has 1 atom stereocenters. The minimum Gasteiger partial charge on any atom is -0.364 e. The number of hydrogen-bond acceptors (Lipinski definition) is 3. The number of nitrogens with two attached hydrogens (primary N) is 1. The van der Waals surface area contributed by atoms with Gasteiger partial charge in [0.25, 0.3) is 11.8 Å². The summed E-state index contributed by atoms with van der Waals surface area (Å²) in [6.45, 7) is 0. The van der Waals surface area contributed by atoms with Crippen LogP contribution in [-0.4, -0.2) is 22.1 Å². The fourth-order valence-corrected chi connectivity index (χ4v) is 2.65. The summed E-state index contributed by atoms with van der Waals surface area (Å²) >= 11 is 7.10. The lowest BCUT2D eigenvalue weighted by molar-refractivity contribution is -0.117. The summed E-state index contributed by atoms with van der Waals surface area (Å²) in [5.41, 5.74) is 5.94. The lowest BCUT2D eigenvalue weighted by Gasteiger charge is -2.07. The Balaban J connectivity index is 2.11. The molecule has 17 heavy (non-hydrogen) atoms. The van der Waals surface area contributed by atoms with Crippen molar-refractivity contribution in [3.8, 4) is 0 Å². The smallest absolute Gasteiger partial charge is 0.274 e. The van der Waals surface area contributed by atoms with Crippen molar-refractivity contribution in [1.82, 2.24) is 0 Å². The van der Waals surface area contributed by atoms with Crippen molar-refractivity contribution in [3.63, 3.8) is 0 Å². The summed E-state index contributed by atoms with van der Waals surface area (Å²) < 4.78 is 0. The Morgan fingerprint density at radius 1 is 1.47 bits per heavy atom. The van der Waals surface area contributed by atoms with Crippen molar-refractivity contribution in [2.45, 2.75) is 11.7 Å². The zero-order chi connectivity index (χ0) is 12.4. The predicted octanol–water partition coefficient (Wildman–Crippen LogP) is 1.41. The van der Waals surface area contributed by atoms with Gasteiger partial charge in [0.1, 0.15) is 0 Å².